The fourth-order valence-corrected chi connectivity index (χ4v) is 3.15. The average molecular weight is 212 g/mol. The standard InChI is InChI=1S/C13H24O2/c1-4-6-11(3)13(12(14)15)8-5-7-10(2)9-13/h10-11H,4-9H2,1-3H3,(H,14,15). The first kappa shape index (κ1) is 12.5. The number of rotatable bonds is 4. The Bertz CT molecular complexity index is 225. The molecular formula is C13H24O2. The zero-order valence-corrected chi connectivity index (χ0v) is 10.3. The molecule has 88 valence electrons. The van der Waals surface area contributed by atoms with Gasteiger partial charge in [-0.25, -0.2) is 0 Å². The van der Waals surface area contributed by atoms with Crippen molar-refractivity contribution in [3.05, 3.63) is 0 Å². The highest BCUT2D eigenvalue weighted by Gasteiger charge is 2.45. The summed E-state index contributed by atoms with van der Waals surface area (Å²) in [5, 5.41) is 9.50. The van der Waals surface area contributed by atoms with Crippen molar-refractivity contribution in [1.82, 2.24) is 0 Å². The van der Waals surface area contributed by atoms with Gasteiger partial charge < -0.3 is 5.11 Å². The third-order valence-corrected chi connectivity index (χ3v) is 4.12. The molecule has 1 fully saturated rings. The second-order valence-electron chi connectivity index (χ2n) is 5.35. The molecule has 3 unspecified atom stereocenters. The van der Waals surface area contributed by atoms with Crippen LogP contribution in [0.1, 0.15) is 59.3 Å². The van der Waals surface area contributed by atoms with Crippen LogP contribution in [-0.4, -0.2) is 11.1 Å². The van der Waals surface area contributed by atoms with Crippen molar-refractivity contribution in [2.45, 2.75) is 59.3 Å². The van der Waals surface area contributed by atoms with Gasteiger partial charge in [0.25, 0.3) is 0 Å². The Labute approximate surface area is 93.1 Å². The van der Waals surface area contributed by atoms with E-state index in [0.717, 1.165) is 32.1 Å². The van der Waals surface area contributed by atoms with Gasteiger partial charge in [0.05, 0.1) is 5.41 Å². The van der Waals surface area contributed by atoms with Crippen LogP contribution >= 0.6 is 0 Å². The molecule has 0 aliphatic heterocycles. The molecule has 1 N–H and O–H groups in total. The molecule has 1 aliphatic rings. The second-order valence-corrected chi connectivity index (χ2v) is 5.35. The molecule has 15 heavy (non-hydrogen) atoms. The summed E-state index contributed by atoms with van der Waals surface area (Å²) < 4.78 is 0. The fourth-order valence-electron chi connectivity index (χ4n) is 3.15. The lowest BCUT2D eigenvalue weighted by Gasteiger charge is -2.41. The van der Waals surface area contributed by atoms with E-state index in [0.29, 0.717) is 11.8 Å². The second kappa shape index (κ2) is 5.00. The van der Waals surface area contributed by atoms with Crippen LogP contribution < -0.4 is 0 Å². The van der Waals surface area contributed by atoms with Crippen molar-refractivity contribution in [1.29, 1.82) is 0 Å². The molecule has 0 aromatic heterocycles. The Hall–Kier alpha value is -0.530. The van der Waals surface area contributed by atoms with Gasteiger partial charge in [-0.15, -0.1) is 0 Å². The normalized spacial score (nSPS) is 33.7. The Balaban J connectivity index is 2.81. The van der Waals surface area contributed by atoms with Crippen molar-refractivity contribution >= 4 is 5.97 Å². The summed E-state index contributed by atoms with van der Waals surface area (Å²) in [6, 6.07) is 0. The van der Waals surface area contributed by atoms with Gasteiger partial charge in [-0.3, -0.25) is 4.79 Å². The number of hydrogen-bond acceptors (Lipinski definition) is 1. The SMILES string of the molecule is CCCC(C)C1(C(=O)O)CCCC(C)C1. The van der Waals surface area contributed by atoms with Crippen molar-refractivity contribution in [2.75, 3.05) is 0 Å². The first-order chi connectivity index (χ1) is 7.03. The van der Waals surface area contributed by atoms with Crippen molar-refractivity contribution in [2.24, 2.45) is 17.3 Å². The molecule has 1 aliphatic carbocycles. The van der Waals surface area contributed by atoms with E-state index in [1.165, 1.54) is 6.42 Å². The number of hydrogen-bond donors (Lipinski definition) is 1. The van der Waals surface area contributed by atoms with Crippen molar-refractivity contribution in [3.8, 4) is 0 Å². The van der Waals surface area contributed by atoms with E-state index in [1.807, 2.05) is 0 Å². The van der Waals surface area contributed by atoms with E-state index in [-0.39, 0.29) is 0 Å². The highest BCUT2D eigenvalue weighted by molar-refractivity contribution is 5.75. The topological polar surface area (TPSA) is 37.3 Å². The molecule has 0 amide bonds. The van der Waals surface area contributed by atoms with Crippen molar-refractivity contribution in [3.63, 3.8) is 0 Å². The van der Waals surface area contributed by atoms with Gasteiger partial charge in [0.1, 0.15) is 0 Å². The summed E-state index contributed by atoms with van der Waals surface area (Å²) in [4.78, 5) is 11.5. The zero-order chi connectivity index (χ0) is 11.5. The van der Waals surface area contributed by atoms with Crippen LogP contribution in [0.25, 0.3) is 0 Å². The third kappa shape index (κ3) is 2.53. The predicted molar refractivity (Wildman–Crippen MR) is 61.8 cm³/mol. The van der Waals surface area contributed by atoms with E-state index < -0.39 is 11.4 Å². The first-order valence-electron chi connectivity index (χ1n) is 6.26. The summed E-state index contributed by atoms with van der Waals surface area (Å²) in [6.07, 6.45) is 6.18. The van der Waals surface area contributed by atoms with Gasteiger partial charge in [-0.2, -0.15) is 0 Å². The molecule has 0 radical (unpaired) electrons. The van der Waals surface area contributed by atoms with E-state index >= 15 is 0 Å². The Morgan fingerprint density at radius 2 is 2.27 bits per heavy atom. The minimum Gasteiger partial charge on any atom is -0.481 e. The van der Waals surface area contributed by atoms with Crippen molar-refractivity contribution < 1.29 is 9.90 Å². The molecule has 2 nitrogen and oxygen atoms in total. The van der Waals surface area contributed by atoms with Crippen LogP contribution in [0.15, 0.2) is 0 Å². The quantitative estimate of drug-likeness (QED) is 0.771. The van der Waals surface area contributed by atoms with Crippen LogP contribution in [0.3, 0.4) is 0 Å². The summed E-state index contributed by atoms with van der Waals surface area (Å²) in [5.41, 5.74) is -0.423. The third-order valence-electron chi connectivity index (χ3n) is 4.12. The molecule has 1 saturated carbocycles. The molecule has 0 aromatic rings. The van der Waals surface area contributed by atoms with Gasteiger partial charge in [0.2, 0.25) is 0 Å². The predicted octanol–water partition coefficient (Wildman–Crippen LogP) is 3.70. The summed E-state index contributed by atoms with van der Waals surface area (Å²) in [5.74, 6) is 0.340. The lowest BCUT2D eigenvalue weighted by Crippen LogP contribution is -2.41. The van der Waals surface area contributed by atoms with E-state index in [1.54, 1.807) is 0 Å². The van der Waals surface area contributed by atoms with Gasteiger partial charge >= 0.3 is 5.97 Å². The number of carbonyl (C=O) groups is 1. The van der Waals surface area contributed by atoms with Gasteiger partial charge in [0.15, 0.2) is 0 Å². The maximum absolute atomic E-state index is 11.5. The molecule has 2 heteroatoms. The smallest absolute Gasteiger partial charge is 0.309 e. The molecule has 0 bridgehead atoms. The summed E-state index contributed by atoms with van der Waals surface area (Å²) in [6.45, 7) is 6.45. The Morgan fingerprint density at radius 3 is 2.73 bits per heavy atom. The van der Waals surface area contributed by atoms with Crippen LogP contribution in [0.2, 0.25) is 0 Å². The molecule has 0 heterocycles. The first-order valence-corrected chi connectivity index (χ1v) is 6.26. The van der Waals surface area contributed by atoms with Crippen LogP contribution in [0, 0.1) is 17.3 Å². The summed E-state index contributed by atoms with van der Waals surface area (Å²) >= 11 is 0. The lowest BCUT2D eigenvalue weighted by atomic mass is 9.62. The summed E-state index contributed by atoms with van der Waals surface area (Å²) in [7, 11) is 0. The van der Waals surface area contributed by atoms with Crippen LogP contribution in [0.4, 0.5) is 0 Å². The van der Waals surface area contributed by atoms with E-state index in [4.69, 9.17) is 0 Å². The van der Waals surface area contributed by atoms with E-state index in [9.17, 15) is 9.90 Å². The van der Waals surface area contributed by atoms with E-state index in [2.05, 4.69) is 20.8 Å². The highest BCUT2D eigenvalue weighted by Crippen LogP contribution is 2.46. The largest absolute Gasteiger partial charge is 0.481 e. The van der Waals surface area contributed by atoms with Crippen LogP contribution in [-0.2, 0) is 4.79 Å². The van der Waals surface area contributed by atoms with Crippen LogP contribution in [0.5, 0.6) is 0 Å². The number of aliphatic carboxylic acids is 1. The molecule has 1 rings (SSSR count). The monoisotopic (exact) mass is 212 g/mol. The lowest BCUT2D eigenvalue weighted by molar-refractivity contribution is -0.156. The van der Waals surface area contributed by atoms with Gasteiger partial charge in [-0.1, -0.05) is 40.0 Å². The highest BCUT2D eigenvalue weighted by atomic mass is 16.4. The molecule has 3 atom stereocenters. The minimum atomic E-state index is -0.560. The Morgan fingerprint density at radius 1 is 1.60 bits per heavy atom. The van der Waals surface area contributed by atoms with Gasteiger partial charge in [0, 0.05) is 0 Å². The van der Waals surface area contributed by atoms with Gasteiger partial charge in [-0.05, 0) is 31.1 Å². The molecule has 0 spiro atoms. The number of carboxylic acid groups (broad SMARTS) is 1. The Kier molecular flexibility index (Phi) is 4.18. The molecule has 0 saturated heterocycles. The minimum absolute atomic E-state index is 0.322. The average Bonchev–Trinajstić information content (AvgIpc) is 2.17. The molecular weight excluding hydrogens is 188 g/mol. The fraction of sp³-hybridized carbons (Fsp3) is 0.923. The maximum atomic E-state index is 11.5. The maximum Gasteiger partial charge on any atom is 0.309 e. The molecule has 0 aromatic carbocycles. The number of carboxylic acids is 1. The zero-order valence-electron chi connectivity index (χ0n) is 10.3.